The van der Waals surface area contributed by atoms with E-state index < -0.39 is 0 Å². The number of carbonyl (C=O) groups is 1. The van der Waals surface area contributed by atoms with E-state index in [-0.39, 0.29) is 17.1 Å². The molecule has 4 aromatic rings. The van der Waals surface area contributed by atoms with Crippen LogP contribution in [-0.2, 0) is 6.42 Å². The van der Waals surface area contributed by atoms with Gasteiger partial charge in [0.05, 0.1) is 32.6 Å². The lowest BCUT2D eigenvalue weighted by molar-refractivity contribution is 0.0986. The van der Waals surface area contributed by atoms with Gasteiger partial charge in [-0.05, 0) is 36.8 Å². The molecule has 4 rings (SSSR count). The number of benzene rings is 1. The van der Waals surface area contributed by atoms with Crippen LogP contribution in [0.5, 0.6) is 5.75 Å². The van der Waals surface area contributed by atoms with Crippen LogP contribution in [0.15, 0.2) is 72.0 Å². The van der Waals surface area contributed by atoms with Crippen LogP contribution in [-0.4, -0.2) is 25.0 Å². The standard InChI is InChI=1S/C21H16ClN3O3S/c22-20-9-8-19(29-20)17(26)7-4-14-12-24(13-23-14)16-6-5-15(11-18(16)27)25-10-2-1-3-21(25)28/h1-3,5-6,8-13,27H,4,7H2. The van der Waals surface area contributed by atoms with E-state index in [0.717, 1.165) is 5.69 Å². The summed E-state index contributed by atoms with van der Waals surface area (Å²) in [5.74, 6) is 0.0449. The second-order valence-corrected chi connectivity index (χ2v) is 8.10. The number of halogens is 1. The number of pyridine rings is 1. The largest absolute Gasteiger partial charge is 0.506 e. The molecule has 0 amide bonds. The summed E-state index contributed by atoms with van der Waals surface area (Å²) in [7, 11) is 0. The Morgan fingerprint density at radius 3 is 2.76 bits per heavy atom. The number of Topliss-reactive ketones (excluding diaryl/α,β-unsaturated/α-hetero) is 1. The normalized spacial score (nSPS) is 10.9. The van der Waals surface area contributed by atoms with Crippen LogP contribution in [0.1, 0.15) is 21.8 Å². The highest BCUT2D eigenvalue weighted by atomic mass is 35.5. The predicted octanol–water partition coefficient (Wildman–Crippen LogP) is 4.26. The first-order valence-electron chi connectivity index (χ1n) is 8.84. The van der Waals surface area contributed by atoms with Crippen LogP contribution in [0.3, 0.4) is 0 Å². The zero-order valence-corrected chi connectivity index (χ0v) is 16.7. The first-order chi connectivity index (χ1) is 14.0. The highest BCUT2D eigenvalue weighted by Crippen LogP contribution is 2.25. The molecule has 29 heavy (non-hydrogen) atoms. The molecule has 0 fully saturated rings. The van der Waals surface area contributed by atoms with E-state index in [1.807, 2.05) is 0 Å². The number of imidazole rings is 1. The molecular formula is C21H16ClN3O3S. The quantitative estimate of drug-likeness (QED) is 0.468. The summed E-state index contributed by atoms with van der Waals surface area (Å²) in [4.78, 5) is 29.1. The Balaban J connectivity index is 1.50. The summed E-state index contributed by atoms with van der Waals surface area (Å²) >= 11 is 7.14. The summed E-state index contributed by atoms with van der Waals surface area (Å²) in [5.41, 5.74) is 1.66. The molecule has 0 saturated carbocycles. The summed E-state index contributed by atoms with van der Waals surface area (Å²) in [6.07, 6.45) is 5.82. The summed E-state index contributed by atoms with van der Waals surface area (Å²) in [6.45, 7) is 0. The molecule has 1 aromatic carbocycles. The van der Waals surface area contributed by atoms with Gasteiger partial charge in [0.15, 0.2) is 5.78 Å². The first-order valence-corrected chi connectivity index (χ1v) is 10.0. The molecule has 0 saturated heterocycles. The third-order valence-corrected chi connectivity index (χ3v) is 5.70. The van der Waals surface area contributed by atoms with Gasteiger partial charge in [-0.2, -0.15) is 0 Å². The van der Waals surface area contributed by atoms with E-state index in [9.17, 15) is 14.7 Å². The van der Waals surface area contributed by atoms with Crippen molar-refractivity contribution in [2.24, 2.45) is 0 Å². The Bertz CT molecular complexity index is 1240. The van der Waals surface area contributed by atoms with E-state index in [1.165, 1.54) is 28.0 Å². The second kappa shape index (κ2) is 8.06. The molecule has 6 nitrogen and oxygen atoms in total. The molecule has 0 aliphatic heterocycles. The first kappa shape index (κ1) is 19.2. The third kappa shape index (κ3) is 4.16. The Kier molecular flexibility index (Phi) is 5.33. The molecule has 3 aromatic heterocycles. The predicted molar refractivity (Wildman–Crippen MR) is 113 cm³/mol. The Hall–Kier alpha value is -3.16. The number of hydrogen-bond donors (Lipinski definition) is 1. The fraction of sp³-hybridized carbons (Fsp3) is 0.0952. The Morgan fingerprint density at radius 2 is 2.03 bits per heavy atom. The number of aromatic hydroxyl groups is 1. The van der Waals surface area contributed by atoms with Gasteiger partial charge in [-0.25, -0.2) is 4.98 Å². The van der Waals surface area contributed by atoms with Crippen molar-refractivity contribution < 1.29 is 9.90 Å². The van der Waals surface area contributed by atoms with Crippen molar-refractivity contribution in [3.8, 4) is 17.1 Å². The van der Waals surface area contributed by atoms with Gasteiger partial charge in [0.25, 0.3) is 5.56 Å². The van der Waals surface area contributed by atoms with Gasteiger partial charge in [-0.1, -0.05) is 17.7 Å². The van der Waals surface area contributed by atoms with Crippen LogP contribution in [0.4, 0.5) is 0 Å². The molecule has 1 N–H and O–H groups in total. The van der Waals surface area contributed by atoms with Crippen molar-refractivity contribution in [1.29, 1.82) is 0 Å². The van der Waals surface area contributed by atoms with Crippen LogP contribution >= 0.6 is 22.9 Å². The number of rotatable bonds is 6. The minimum atomic E-state index is -0.179. The highest BCUT2D eigenvalue weighted by molar-refractivity contribution is 7.18. The van der Waals surface area contributed by atoms with Crippen molar-refractivity contribution in [3.63, 3.8) is 0 Å². The molecule has 0 aliphatic carbocycles. The third-order valence-electron chi connectivity index (χ3n) is 4.43. The summed E-state index contributed by atoms with van der Waals surface area (Å²) < 4.78 is 3.73. The molecule has 0 unspecified atom stereocenters. The van der Waals surface area contributed by atoms with Crippen LogP contribution in [0.25, 0.3) is 11.4 Å². The second-order valence-electron chi connectivity index (χ2n) is 6.38. The van der Waals surface area contributed by atoms with Crippen molar-refractivity contribution in [3.05, 3.63) is 92.5 Å². The van der Waals surface area contributed by atoms with Gasteiger partial charge in [-0.3, -0.25) is 14.2 Å². The minimum Gasteiger partial charge on any atom is -0.506 e. The Morgan fingerprint density at radius 1 is 1.17 bits per heavy atom. The van der Waals surface area contributed by atoms with E-state index in [1.54, 1.807) is 59.7 Å². The number of nitrogens with zero attached hydrogens (tertiary/aromatic N) is 3. The monoisotopic (exact) mass is 425 g/mol. The number of hydrogen-bond acceptors (Lipinski definition) is 5. The SMILES string of the molecule is O=C(CCc1cn(-c2ccc(-n3ccccc3=O)cc2O)cn1)c1ccc(Cl)s1. The van der Waals surface area contributed by atoms with Gasteiger partial charge in [-0.15, -0.1) is 11.3 Å². The molecule has 0 bridgehead atoms. The van der Waals surface area contributed by atoms with Gasteiger partial charge >= 0.3 is 0 Å². The molecule has 0 radical (unpaired) electrons. The molecule has 0 atom stereocenters. The van der Waals surface area contributed by atoms with Crippen LogP contribution in [0.2, 0.25) is 4.34 Å². The lowest BCUT2D eigenvalue weighted by Crippen LogP contribution is -2.15. The van der Waals surface area contributed by atoms with Gasteiger partial charge in [0, 0.05) is 30.9 Å². The van der Waals surface area contributed by atoms with Crippen LogP contribution in [0, 0.1) is 0 Å². The zero-order chi connectivity index (χ0) is 20.4. The van der Waals surface area contributed by atoms with Crippen molar-refractivity contribution in [1.82, 2.24) is 14.1 Å². The number of ketones is 1. The van der Waals surface area contributed by atoms with Gasteiger partial charge in [0.1, 0.15) is 5.75 Å². The van der Waals surface area contributed by atoms with Crippen LogP contribution < -0.4 is 5.56 Å². The fourth-order valence-corrected chi connectivity index (χ4v) is 3.98. The number of carbonyl (C=O) groups excluding carboxylic acids is 1. The fourth-order valence-electron chi connectivity index (χ4n) is 2.97. The Labute approximate surface area is 175 Å². The maximum Gasteiger partial charge on any atom is 0.255 e. The maximum absolute atomic E-state index is 12.2. The number of aromatic nitrogens is 3. The van der Waals surface area contributed by atoms with E-state index in [4.69, 9.17) is 11.6 Å². The molecule has 146 valence electrons. The molecule has 0 spiro atoms. The number of phenols is 1. The maximum atomic E-state index is 12.2. The topological polar surface area (TPSA) is 77.1 Å². The van der Waals surface area contributed by atoms with Gasteiger partial charge in [0.2, 0.25) is 0 Å². The smallest absolute Gasteiger partial charge is 0.255 e. The average Bonchev–Trinajstić information content (AvgIpc) is 3.35. The van der Waals surface area contributed by atoms with Crippen molar-refractivity contribution >= 4 is 28.7 Å². The summed E-state index contributed by atoms with van der Waals surface area (Å²) in [5, 5.41) is 10.4. The van der Waals surface area contributed by atoms with E-state index in [0.29, 0.717) is 33.4 Å². The average molecular weight is 426 g/mol. The van der Waals surface area contributed by atoms with E-state index in [2.05, 4.69) is 4.98 Å². The van der Waals surface area contributed by atoms with Gasteiger partial charge < -0.3 is 9.67 Å². The molecule has 0 aliphatic rings. The number of thiophene rings is 1. The number of aryl methyl sites for hydroxylation is 1. The van der Waals surface area contributed by atoms with E-state index >= 15 is 0 Å². The summed E-state index contributed by atoms with van der Waals surface area (Å²) in [6, 6.07) is 13.3. The highest BCUT2D eigenvalue weighted by Gasteiger charge is 2.12. The number of phenolic OH excluding ortho intramolecular Hbond substituents is 1. The zero-order valence-electron chi connectivity index (χ0n) is 15.2. The molecule has 3 heterocycles. The minimum absolute atomic E-state index is 0.0199. The lowest BCUT2D eigenvalue weighted by atomic mass is 10.1. The lowest BCUT2D eigenvalue weighted by Gasteiger charge is -2.09. The molecular weight excluding hydrogens is 410 g/mol. The van der Waals surface area contributed by atoms with Crippen molar-refractivity contribution in [2.75, 3.05) is 0 Å². The van der Waals surface area contributed by atoms with Crippen molar-refractivity contribution in [2.45, 2.75) is 12.8 Å². The molecule has 8 heteroatoms.